The van der Waals surface area contributed by atoms with Crippen LogP contribution in [0.25, 0.3) is 0 Å². The van der Waals surface area contributed by atoms with E-state index in [2.05, 4.69) is 9.97 Å². The number of aromatic nitrogens is 2. The first kappa shape index (κ1) is 10.5. The fourth-order valence-corrected chi connectivity index (χ4v) is 1.54. The van der Waals surface area contributed by atoms with Gasteiger partial charge in [-0.2, -0.15) is 0 Å². The van der Waals surface area contributed by atoms with E-state index in [1.165, 1.54) is 0 Å². The van der Waals surface area contributed by atoms with Crippen molar-refractivity contribution in [2.75, 3.05) is 0 Å². The van der Waals surface area contributed by atoms with E-state index in [1.54, 1.807) is 24.8 Å². The number of rotatable bonds is 3. The van der Waals surface area contributed by atoms with Crippen LogP contribution in [-0.2, 0) is 6.42 Å². The van der Waals surface area contributed by atoms with Gasteiger partial charge in [-0.3, -0.25) is 14.8 Å². The molecule has 2 aromatic heterocycles. The second kappa shape index (κ2) is 4.66. The van der Waals surface area contributed by atoms with Gasteiger partial charge >= 0.3 is 0 Å². The minimum Gasteiger partial charge on any atom is -0.294 e. The van der Waals surface area contributed by atoms with Gasteiger partial charge in [0.2, 0.25) is 0 Å². The van der Waals surface area contributed by atoms with Gasteiger partial charge in [-0.05, 0) is 36.2 Å². The highest BCUT2D eigenvalue weighted by Crippen LogP contribution is 2.09. The Hall–Kier alpha value is -2.03. The van der Waals surface area contributed by atoms with Crippen LogP contribution >= 0.6 is 0 Å². The van der Waals surface area contributed by atoms with Crippen molar-refractivity contribution >= 4 is 5.78 Å². The zero-order chi connectivity index (χ0) is 11.4. The quantitative estimate of drug-likeness (QED) is 0.732. The normalized spacial score (nSPS) is 10.1. The Morgan fingerprint density at radius 1 is 1.12 bits per heavy atom. The van der Waals surface area contributed by atoms with Crippen molar-refractivity contribution in [2.45, 2.75) is 13.3 Å². The maximum Gasteiger partial charge on any atom is 0.169 e. The third-order valence-corrected chi connectivity index (χ3v) is 2.45. The lowest BCUT2D eigenvalue weighted by atomic mass is 10.0. The first-order valence-corrected chi connectivity index (χ1v) is 5.10. The molecule has 2 rings (SSSR count). The van der Waals surface area contributed by atoms with Gasteiger partial charge in [0.15, 0.2) is 5.78 Å². The number of pyridine rings is 2. The zero-order valence-corrected chi connectivity index (χ0v) is 9.05. The second-order valence-electron chi connectivity index (χ2n) is 3.65. The molecule has 0 aromatic carbocycles. The Labute approximate surface area is 94.2 Å². The van der Waals surface area contributed by atoms with Crippen molar-refractivity contribution in [3.8, 4) is 0 Å². The first-order chi connectivity index (χ1) is 7.77. The molecule has 80 valence electrons. The third-order valence-electron chi connectivity index (χ3n) is 2.45. The molecule has 3 heteroatoms. The van der Waals surface area contributed by atoms with Crippen LogP contribution in [0.4, 0.5) is 0 Å². The maximum absolute atomic E-state index is 12.0. The highest BCUT2D eigenvalue weighted by molar-refractivity contribution is 5.98. The van der Waals surface area contributed by atoms with Gasteiger partial charge in [0.05, 0.1) is 0 Å². The highest BCUT2D eigenvalue weighted by atomic mass is 16.1. The van der Waals surface area contributed by atoms with E-state index in [0.717, 1.165) is 11.1 Å². The molecule has 0 fully saturated rings. The van der Waals surface area contributed by atoms with Crippen molar-refractivity contribution < 1.29 is 4.79 Å². The molecule has 0 bridgehead atoms. The molecule has 0 amide bonds. The molecule has 0 N–H and O–H groups in total. The molecule has 0 aliphatic carbocycles. The number of carbonyl (C=O) groups excluding carboxylic acids is 1. The predicted octanol–water partition coefficient (Wildman–Crippen LogP) is 2.21. The van der Waals surface area contributed by atoms with Crippen LogP contribution in [0.2, 0.25) is 0 Å². The van der Waals surface area contributed by atoms with Crippen LogP contribution < -0.4 is 0 Å². The molecule has 0 aliphatic rings. The van der Waals surface area contributed by atoms with Gasteiger partial charge in [-0.15, -0.1) is 0 Å². The van der Waals surface area contributed by atoms with Crippen molar-refractivity contribution in [1.82, 2.24) is 9.97 Å². The molecular formula is C13H12N2O. The van der Waals surface area contributed by atoms with Crippen molar-refractivity contribution in [3.63, 3.8) is 0 Å². The van der Waals surface area contributed by atoms with Gasteiger partial charge in [-0.1, -0.05) is 0 Å². The molecule has 0 radical (unpaired) electrons. The summed E-state index contributed by atoms with van der Waals surface area (Å²) in [6, 6.07) is 5.55. The van der Waals surface area contributed by atoms with E-state index in [4.69, 9.17) is 0 Å². The van der Waals surface area contributed by atoms with Crippen LogP contribution in [-0.4, -0.2) is 15.8 Å². The van der Waals surface area contributed by atoms with Gasteiger partial charge < -0.3 is 0 Å². The summed E-state index contributed by atoms with van der Waals surface area (Å²) in [4.78, 5) is 19.9. The minimum atomic E-state index is 0.0943. The number of carbonyl (C=O) groups is 1. The van der Waals surface area contributed by atoms with Crippen LogP contribution in [0.3, 0.4) is 0 Å². The van der Waals surface area contributed by atoms with Crippen molar-refractivity contribution in [3.05, 3.63) is 59.7 Å². The number of aryl methyl sites for hydroxylation is 1. The van der Waals surface area contributed by atoms with E-state index >= 15 is 0 Å². The molecule has 0 spiro atoms. The third kappa shape index (κ3) is 2.31. The zero-order valence-electron chi connectivity index (χ0n) is 9.05. The first-order valence-electron chi connectivity index (χ1n) is 5.10. The Bertz CT molecular complexity index is 494. The number of hydrogen-bond donors (Lipinski definition) is 0. The summed E-state index contributed by atoms with van der Waals surface area (Å²) in [5.74, 6) is 0.0943. The fraction of sp³-hybridized carbons (Fsp3) is 0.154. The standard InChI is InChI=1S/C13H12N2O/c1-10-2-5-15-9-12(10)13(16)8-11-3-6-14-7-4-11/h2-7,9H,8H2,1H3. The molecule has 3 nitrogen and oxygen atoms in total. The summed E-state index contributed by atoms with van der Waals surface area (Å²) in [5.41, 5.74) is 2.64. The Morgan fingerprint density at radius 2 is 1.81 bits per heavy atom. The maximum atomic E-state index is 12.0. The van der Waals surface area contributed by atoms with E-state index in [0.29, 0.717) is 12.0 Å². The van der Waals surface area contributed by atoms with Crippen LogP contribution in [0.15, 0.2) is 43.0 Å². The monoisotopic (exact) mass is 212 g/mol. The molecule has 0 saturated heterocycles. The Balaban J connectivity index is 2.19. The molecule has 0 atom stereocenters. The average molecular weight is 212 g/mol. The molecule has 2 heterocycles. The summed E-state index contributed by atoms with van der Waals surface area (Å²) in [6.45, 7) is 1.92. The number of nitrogens with zero attached hydrogens (tertiary/aromatic N) is 2. The summed E-state index contributed by atoms with van der Waals surface area (Å²) in [6.07, 6.45) is 7.10. The molecule has 16 heavy (non-hydrogen) atoms. The summed E-state index contributed by atoms with van der Waals surface area (Å²) >= 11 is 0. The van der Waals surface area contributed by atoms with E-state index in [9.17, 15) is 4.79 Å². The van der Waals surface area contributed by atoms with Crippen LogP contribution in [0.5, 0.6) is 0 Å². The Morgan fingerprint density at radius 3 is 2.50 bits per heavy atom. The van der Waals surface area contributed by atoms with Crippen LogP contribution in [0.1, 0.15) is 21.5 Å². The Kier molecular flexibility index (Phi) is 3.05. The van der Waals surface area contributed by atoms with Gasteiger partial charge in [0.1, 0.15) is 0 Å². The molecule has 0 aliphatic heterocycles. The van der Waals surface area contributed by atoms with Crippen molar-refractivity contribution in [2.24, 2.45) is 0 Å². The lowest BCUT2D eigenvalue weighted by molar-refractivity contribution is 0.0992. The van der Waals surface area contributed by atoms with Gasteiger partial charge in [0.25, 0.3) is 0 Å². The molecule has 0 saturated carbocycles. The van der Waals surface area contributed by atoms with Gasteiger partial charge in [0, 0.05) is 36.8 Å². The summed E-state index contributed by atoms with van der Waals surface area (Å²) in [7, 11) is 0. The number of ketones is 1. The van der Waals surface area contributed by atoms with Crippen molar-refractivity contribution in [1.29, 1.82) is 0 Å². The van der Waals surface area contributed by atoms with Crippen LogP contribution in [0, 0.1) is 6.92 Å². The fourth-order valence-electron chi connectivity index (χ4n) is 1.54. The number of Topliss-reactive ketones (excluding diaryl/α,β-unsaturated/α-hetero) is 1. The minimum absolute atomic E-state index is 0.0943. The second-order valence-corrected chi connectivity index (χ2v) is 3.65. The van der Waals surface area contributed by atoms with E-state index in [-0.39, 0.29) is 5.78 Å². The average Bonchev–Trinajstić information content (AvgIpc) is 2.31. The molecule has 2 aromatic rings. The molecular weight excluding hydrogens is 200 g/mol. The summed E-state index contributed by atoms with van der Waals surface area (Å²) in [5, 5.41) is 0. The van der Waals surface area contributed by atoms with Gasteiger partial charge in [-0.25, -0.2) is 0 Å². The SMILES string of the molecule is Cc1ccncc1C(=O)Cc1ccncc1. The topological polar surface area (TPSA) is 42.9 Å². The largest absolute Gasteiger partial charge is 0.294 e. The lowest BCUT2D eigenvalue weighted by Gasteiger charge is -2.03. The van der Waals surface area contributed by atoms with E-state index in [1.807, 2.05) is 25.1 Å². The predicted molar refractivity (Wildman–Crippen MR) is 61.2 cm³/mol. The van der Waals surface area contributed by atoms with E-state index < -0.39 is 0 Å². The highest BCUT2D eigenvalue weighted by Gasteiger charge is 2.09. The summed E-state index contributed by atoms with van der Waals surface area (Å²) < 4.78 is 0. The number of hydrogen-bond acceptors (Lipinski definition) is 3. The molecule has 0 unspecified atom stereocenters. The smallest absolute Gasteiger partial charge is 0.169 e. The lowest BCUT2D eigenvalue weighted by Crippen LogP contribution is -2.06.